The van der Waals surface area contributed by atoms with Gasteiger partial charge in [0.05, 0.1) is 5.71 Å². The molecule has 0 spiro atoms. The minimum absolute atomic E-state index is 0.502. The van der Waals surface area contributed by atoms with Gasteiger partial charge in [-0.2, -0.15) is 0 Å². The highest BCUT2D eigenvalue weighted by molar-refractivity contribution is 6.02. The first-order chi connectivity index (χ1) is 11.9. The van der Waals surface area contributed by atoms with Crippen LogP contribution in [0.2, 0.25) is 0 Å². The fourth-order valence-electron chi connectivity index (χ4n) is 3.10. The first-order valence-electron chi connectivity index (χ1n) is 8.53. The molecule has 24 heavy (non-hydrogen) atoms. The number of nitrogens with one attached hydrogen (secondary N) is 2. The summed E-state index contributed by atoms with van der Waals surface area (Å²) < 4.78 is 5.43. The van der Waals surface area contributed by atoms with Gasteiger partial charge in [-0.05, 0) is 50.2 Å². The number of ether oxygens (including phenoxy) is 1. The number of aliphatic imine (C=N–C) groups is 2. The zero-order valence-corrected chi connectivity index (χ0v) is 14.0. The molecule has 0 saturated carbocycles. The summed E-state index contributed by atoms with van der Waals surface area (Å²) in [5.74, 6) is 0.502. The maximum absolute atomic E-state index is 5.43. The Morgan fingerprint density at radius 1 is 1.42 bits per heavy atom. The number of aromatic nitrogens is 1. The summed E-state index contributed by atoms with van der Waals surface area (Å²) in [4.78, 5) is 13.1. The van der Waals surface area contributed by atoms with E-state index in [1.54, 1.807) is 0 Å². The third-order valence-electron chi connectivity index (χ3n) is 4.46. The third-order valence-corrected chi connectivity index (χ3v) is 4.46. The van der Waals surface area contributed by atoms with Crippen molar-refractivity contribution in [2.75, 3.05) is 38.3 Å². The Kier molecular flexibility index (Phi) is 6.09. The number of nitrogens with zero attached hydrogens (tertiary/aromatic N) is 3. The molecule has 0 amide bonds. The highest BCUT2D eigenvalue weighted by Gasteiger charge is 2.17. The molecule has 1 aromatic rings. The number of hydrogen-bond donors (Lipinski definition) is 2. The average molecular weight is 327 g/mol. The van der Waals surface area contributed by atoms with E-state index in [9.17, 15) is 0 Å². The van der Waals surface area contributed by atoms with E-state index >= 15 is 0 Å². The molecule has 2 aliphatic heterocycles. The second kappa shape index (κ2) is 8.70. The number of pyridine rings is 1. The van der Waals surface area contributed by atoms with Gasteiger partial charge in [0.15, 0.2) is 0 Å². The molecule has 2 aliphatic rings. The number of hydrogen-bond acceptors (Lipinski definition) is 6. The summed E-state index contributed by atoms with van der Waals surface area (Å²) in [5, 5.41) is 6.71. The molecule has 0 radical (unpaired) electrons. The monoisotopic (exact) mass is 327 g/mol. The van der Waals surface area contributed by atoms with Gasteiger partial charge < -0.3 is 15.4 Å². The first-order valence-corrected chi connectivity index (χ1v) is 8.53. The van der Waals surface area contributed by atoms with E-state index < -0.39 is 0 Å². The van der Waals surface area contributed by atoms with Gasteiger partial charge in [0.25, 0.3) is 0 Å². The van der Waals surface area contributed by atoms with E-state index in [0.29, 0.717) is 12.6 Å². The molecule has 2 saturated heterocycles. The average Bonchev–Trinajstić information content (AvgIpc) is 2.64. The second-order valence-electron chi connectivity index (χ2n) is 6.06. The molecular weight excluding hydrogens is 302 g/mol. The van der Waals surface area contributed by atoms with Crippen LogP contribution in [-0.2, 0) is 4.74 Å². The molecular formula is C18H25N5O. The van der Waals surface area contributed by atoms with Crippen molar-refractivity contribution in [3.8, 4) is 0 Å². The summed E-state index contributed by atoms with van der Waals surface area (Å²) in [6.45, 7) is 7.49. The van der Waals surface area contributed by atoms with Crippen LogP contribution in [0, 0.1) is 0 Å². The van der Waals surface area contributed by atoms with E-state index in [2.05, 4.69) is 38.4 Å². The predicted molar refractivity (Wildman–Crippen MR) is 98.1 cm³/mol. The van der Waals surface area contributed by atoms with Crippen LogP contribution in [0.15, 0.2) is 40.1 Å². The minimum atomic E-state index is 0.502. The topological polar surface area (TPSA) is 70.9 Å². The largest absolute Gasteiger partial charge is 0.381 e. The Bertz CT molecular complexity index is 620. The number of anilines is 1. The van der Waals surface area contributed by atoms with Crippen molar-refractivity contribution >= 4 is 18.1 Å². The Labute approximate surface area is 143 Å². The molecule has 2 fully saturated rings. The number of piperidine rings is 1. The lowest BCUT2D eigenvalue weighted by molar-refractivity contribution is 0.0845. The number of rotatable bonds is 5. The maximum atomic E-state index is 5.43. The maximum Gasteiger partial charge on any atom is 0.108 e. The van der Waals surface area contributed by atoms with Crippen LogP contribution < -0.4 is 10.6 Å². The fourth-order valence-corrected chi connectivity index (χ4v) is 3.10. The summed E-state index contributed by atoms with van der Waals surface area (Å²) in [6, 6.07) is 4.13. The first kappa shape index (κ1) is 16.8. The van der Waals surface area contributed by atoms with Crippen molar-refractivity contribution < 1.29 is 4.74 Å². The van der Waals surface area contributed by atoms with Crippen LogP contribution in [0.5, 0.6) is 0 Å². The van der Waals surface area contributed by atoms with E-state index in [1.807, 2.05) is 18.5 Å². The van der Waals surface area contributed by atoms with Crippen LogP contribution in [0.25, 0.3) is 0 Å². The molecule has 2 N–H and O–H groups in total. The van der Waals surface area contributed by atoms with Crippen molar-refractivity contribution in [3.63, 3.8) is 0 Å². The molecule has 3 rings (SSSR count). The zero-order valence-electron chi connectivity index (χ0n) is 14.0. The summed E-state index contributed by atoms with van der Waals surface area (Å²) in [7, 11) is 0. The van der Waals surface area contributed by atoms with Crippen LogP contribution in [0.1, 0.15) is 30.9 Å². The predicted octanol–water partition coefficient (Wildman–Crippen LogP) is 2.36. The van der Waals surface area contributed by atoms with Crippen LogP contribution in [0.4, 0.5) is 5.69 Å². The molecule has 128 valence electrons. The molecule has 1 aromatic heterocycles. The van der Waals surface area contributed by atoms with Gasteiger partial charge in [-0.15, -0.1) is 0 Å². The van der Waals surface area contributed by atoms with E-state index in [1.165, 1.54) is 5.57 Å². The van der Waals surface area contributed by atoms with E-state index in [0.717, 1.165) is 62.7 Å². The van der Waals surface area contributed by atoms with Crippen molar-refractivity contribution in [1.29, 1.82) is 0 Å². The van der Waals surface area contributed by atoms with E-state index in [-0.39, 0.29) is 0 Å². The molecule has 6 nitrogen and oxygen atoms in total. The Morgan fingerprint density at radius 3 is 3.12 bits per heavy atom. The van der Waals surface area contributed by atoms with Gasteiger partial charge in [-0.1, -0.05) is 0 Å². The molecule has 0 bridgehead atoms. The Morgan fingerprint density at radius 2 is 2.29 bits per heavy atom. The lowest BCUT2D eigenvalue weighted by atomic mass is 9.96. The quantitative estimate of drug-likeness (QED) is 0.815. The highest BCUT2D eigenvalue weighted by atomic mass is 16.5. The summed E-state index contributed by atoms with van der Waals surface area (Å²) in [5.41, 5.74) is 4.43. The molecule has 0 unspecified atom stereocenters. The standard InChI is InChI=1S/C18H25N5O/c1-19-11-15-2-6-20-12-18(15)23-13-22-16-3-7-21-17(10-16)14-4-8-24-9-5-14/h3,7,10-11,14,20H,1-2,4-6,8-9,12-13H2,(H,21,22)/b15-11-,23-18-. The Hall–Kier alpha value is -2.05. The van der Waals surface area contributed by atoms with Crippen molar-refractivity contribution in [2.45, 2.75) is 25.2 Å². The molecule has 6 heteroatoms. The lowest BCUT2D eigenvalue weighted by Gasteiger charge is -2.22. The van der Waals surface area contributed by atoms with Gasteiger partial charge in [-0.25, -0.2) is 0 Å². The summed E-state index contributed by atoms with van der Waals surface area (Å²) in [6.07, 6.45) is 6.73. The molecule has 0 aromatic carbocycles. The lowest BCUT2D eigenvalue weighted by Crippen LogP contribution is -2.32. The molecule has 3 heterocycles. The van der Waals surface area contributed by atoms with Crippen molar-refractivity contribution in [3.05, 3.63) is 35.8 Å². The normalized spacial score (nSPS) is 22.7. The van der Waals surface area contributed by atoms with Crippen molar-refractivity contribution in [1.82, 2.24) is 10.3 Å². The van der Waals surface area contributed by atoms with Gasteiger partial charge >= 0.3 is 0 Å². The van der Waals surface area contributed by atoms with Crippen LogP contribution in [-0.4, -0.2) is 50.4 Å². The van der Waals surface area contributed by atoms with Gasteiger partial charge in [0.1, 0.15) is 6.67 Å². The van der Waals surface area contributed by atoms with Crippen molar-refractivity contribution in [2.24, 2.45) is 9.98 Å². The van der Waals surface area contributed by atoms with Crippen LogP contribution in [0.3, 0.4) is 0 Å². The minimum Gasteiger partial charge on any atom is -0.381 e. The van der Waals surface area contributed by atoms with Gasteiger partial charge in [0.2, 0.25) is 0 Å². The van der Waals surface area contributed by atoms with Crippen LogP contribution >= 0.6 is 0 Å². The molecule has 0 aliphatic carbocycles. The van der Waals surface area contributed by atoms with E-state index in [4.69, 9.17) is 4.74 Å². The van der Waals surface area contributed by atoms with Gasteiger partial charge in [0, 0.05) is 49.5 Å². The zero-order chi connectivity index (χ0) is 16.6. The molecule has 0 atom stereocenters. The highest BCUT2D eigenvalue weighted by Crippen LogP contribution is 2.26. The smallest absolute Gasteiger partial charge is 0.108 e. The SMILES string of the molecule is C=N/C=C1/CCNC/C1=N/CNc1ccnc(C2CCOCC2)c1. The second-order valence-corrected chi connectivity index (χ2v) is 6.06. The third kappa shape index (κ3) is 4.49. The van der Waals surface area contributed by atoms with Gasteiger partial charge in [-0.3, -0.25) is 15.0 Å². The fraction of sp³-hybridized carbons (Fsp3) is 0.500. The Balaban J connectivity index is 1.60. The summed E-state index contributed by atoms with van der Waals surface area (Å²) >= 11 is 0.